The van der Waals surface area contributed by atoms with E-state index in [1.165, 1.54) is 0 Å². The van der Waals surface area contributed by atoms with Crippen molar-refractivity contribution >= 4 is 11.3 Å². The number of hydrogen-bond acceptors (Lipinski definition) is 4. The fourth-order valence-electron chi connectivity index (χ4n) is 1.42. The number of imidazole rings is 1. The largest absolute Gasteiger partial charge is 0.316 e. The minimum atomic E-state index is 0.0712. The fourth-order valence-corrected chi connectivity index (χ4v) is 2.44. The van der Waals surface area contributed by atoms with E-state index in [1.54, 1.807) is 23.7 Å². The minimum Gasteiger partial charge on any atom is -0.316 e. The van der Waals surface area contributed by atoms with Gasteiger partial charge in [-0.05, 0) is 0 Å². The average Bonchev–Trinajstić information content (AvgIpc) is 2.86. The molecule has 0 saturated carbocycles. The molecule has 0 amide bonds. The molecule has 0 fully saturated rings. The number of nitriles is 1. The van der Waals surface area contributed by atoms with Gasteiger partial charge in [-0.2, -0.15) is 5.26 Å². The predicted molar refractivity (Wildman–Crippen MR) is 66.9 cm³/mol. The van der Waals surface area contributed by atoms with Gasteiger partial charge in [0.25, 0.3) is 0 Å². The summed E-state index contributed by atoms with van der Waals surface area (Å²) in [4.78, 5) is 8.56. The molecule has 0 radical (unpaired) electrons. The third kappa shape index (κ3) is 2.53. The van der Waals surface area contributed by atoms with Gasteiger partial charge < -0.3 is 4.57 Å². The van der Waals surface area contributed by atoms with Gasteiger partial charge in [-0.1, -0.05) is 20.8 Å². The van der Waals surface area contributed by atoms with Crippen LogP contribution < -0.4 is 0 Å². The normalized spacial score (nSPS) is 11.4. The fraction of sp³-hybridized carbons (Fsp3) is 0.417. The molecule has 0 aliphatic carbocycles. The molecule has 0 N–H and O–H groups in total. The van der Waals surface area contributed by atoms with Gasteiger partial charge in [0.1, 0.15) is 11.1 Å². The Bertz CT molecular complexity index is 554. The molecule has 0 unspecified atom stereocenters. The van der Waals surface area contributed by atoms with Crippen molar-refractivity contribution in [3.05, 3.63) is 34.3 Å². The monoisotopic (exact) mass is 246 g/mol. The number of hydrogen-bond donors (Lipinski definition) is 0. The van der Waals surface area contributed by atoms with E-state index in [-0.39, 0.29) is 5.41 Å². The van der Waals surface area contributed by atoms with E-state index < -0.39 is 0 Å². The van der Waals surface area contributed by atoms with Crippen LogP contribution >= 0.6 is 11.3 Å². The summed E-state index contributed by atoms with van der Waals surface area (Å²) < 4.78 is 1.81. The Kier molecular flexibility index (Phi) is 2.99. The van der Waals surface area contributed by atoms with Crippen LogP contribution in [0, 0.1) is 11.3 Å². The van der Waals surface area contributed by atoms with Crippen molar-refractivity contribution < 1.29 is 0 Å². The van der Waals surface area contributed by atoms with Crippen LogP contribution in [-0.4, -0.2) is 14.5 Å². The molecule has 2 rings (SSSR count). The Labute approximate surface area is 105 Å². The van der Waals surface area contributed by atoms with Crippen LogP contribution in [-0.2, 0) is 12.0 Å². The summed E-state index contributed by atoms with van der Waals surface area (Å²) in [6, 6.07) is 2.06. The summed E-state index contributed by atoms with van der Waals surface area (Å²) in [6.45, 7) is 7.04. The molecule has 0 aliphatic rings. The molecule has 17 heavy (non-hydrogen) atoms. The highest BCUT2D eigenvalue weighted by atomic mass is 32.1. The molecule has 5 heteroatoms. The molecule has 4 nitrogen and oxygen atoms in total. The van der Waals surface area contributed by atoms with Crippen molar-refractivity contribution in [1.29, 1.82) is 5.26 Å². The standard InChI is InChI=1S/C12H14N4S/c1-12(2,3)9-8-17-11(15-9)7-16-5-4-14-10(16)6-13/h4-5,8H,7H2,1-3H3. The summed E-state index contributed by atoms with van der Waals surface area (Å²) in [5.41, 5.74) is 1.16. The molecule has 88 valence electrons. The molecule has 0 spiro atoms. The smallest absolute Gasteiger partial charge is 0.213 e. The quantitative estimate of drug-likeness (QED) is 0.818. The Balaban J connectivity index is 2.21. The van der Waals surface area contributed by atoms with Gasteiger partial charge in [0.05, 0.1) is 12.2 Å². The maximum atomic E-state index is 8.87. The van der Waals surface area contributed by atoms with Gasteiger partial charge in [-0.25, -0.2) is 9.97 Å². The van der Waals surface area contributed by atoms with E-state index >= 15 is 0 Å². The van der Waals surface area contributed by atoms with Crippen molar-refractivity contribution in [2.45, 2.75) is 32.7 Å². The summed E-state index contributed by atoms with van der Waals surface area (Å²) >= 11 is 1.62. The highest BCUT2D eigenvalue weighted by Gasteiger charge is 2.17. The van der Waals surface area contributed by atoms with Crippen molar-refractivity contribution in [3.63, 3.8) is 0 Å². The summed E-state index contributed by atoms with van der Waals surface area (Å²) in [5.74, 6) is 0.428. The molecule has 0 aromatic carbocycles. The van der Waals surface area contributed by atoms with E-state index in [0.29, 0.717) is 12.4 Å². The second-order valence-corrected chi connectivity index (χ2v) is 5.81. The molecule has 2 aromatic heterocycles. The maximum Gasteiger partial charge on any atom is 0.213 e. The summed E-state index contributed by atoms with van der Waals surface area (Å²) in [5, 5.41) is 12.0. The topological polar surface area (TPSA) is 54.5 Å². The Morgan fingerprint density at radius 2 is 2.24 bits per heavy atom. The van der Waals surface area contributed by atoms with Crippen molar-refractivity contribution in [2.24, 2.45) is 0 Å². The lowest BCUT2D eigenvalue weighted by molar-refractivity contribution is 0.569. The molecule has 0 aliphatic heterocycles. The highest BCUT2D eigenvalue weighted by Crippen LogP contribution is 2.24. The molecule has 2 aromatic rings. The van der Waals surface area contributed by atoms with Crippen LogP contribution in [0.25, 0.3) is 0 Å². The number of nitrogens with zero attached hydrogens (tertiary/aromatic N) is 4. The molecule has 2 heterocycles. The van der Waals surface area contributed by atoms with Crippen LogP contribution in [0.1, 0.15) is 37.3 Å². The van der Waals surface area contributed by atoms with Gasteiger partial charge in [-0.15, -0.1) is 11.3 Å². The van der Waals surface area contributed by atoms with Crippen LogP contribution in [0.15, 0.2) is 17.8 Å². The third-order valence-electron chi connectivity index (χ3n) is 2.44. The van der Waals surface area contributed by atoms with Gasteiger partial charge in [-0.3, -0.25) is 0 Å². The van der Waals surface area contributed by atoms with E-state index in [9.17, 15) is 0 Å². The predicted octanol–water partition coefficient (Wildman–Crippen LogP) is 2.56. The Hall–Kier alpha value is -1.67. The lowest BCUT2D eigenvalue weighted by Gasteiger charge is -2.14. The number of thiazole rings is 1. The van der Waals surface area contributed by atoms with Crippen molar-refractivity contribution in [3.8, 4) is 6.07 Å². The van der Waals surface area contributed by atoms with Crippen molar-refractivity contribution in [1.82, 2.24) is 14.5 Å². The van der Waals surface area contributed by atoms with Gasteiger partial charge in [0, 0.05) is 23.2 Å². The van der Waals surface area contributed by atoms with Crippen LogP contribution in [0.4, 0.5) is 0 Å². The van der Waals surface area contributed by atoms with Gasteiger partial charge >= 0.3 is 0 Å². The Morgan fingerprint density at radius 3 is 2.82 bits per heavy atom. The van der Waals surface area contributed by atoms with Crippen LogP contribution in [0.2, 0.25) is 0 Å². The first kappa shape index (κ1) is 11.8. The first-order chi connectivity index (χ1) is 8.00. The van der Waals surface area contributed by atoms with E-state index in [4.69, 9.17) is 5.26 Å². The van der Waals surface area contributed by atoms with Crippen LogP contribution in [0.3, 0.4) is 0 Å². The number of aromatic nitrogens is 3. The first-order valence-corrected chi connectivity index (χ1v) is 6.25. The van der Waals surface area contributed by atoms with Crippen molar-refractivity contribution in [2.75, 3.05) is 0 Å². The third-order valence-corrected chi connectivity index (χ3v) is 3.27. The zero-order valence-corrected chi connectivity index (χ0v) is 11.0. The summed E-state index contributed by atoms with van der Waals surface area (Å²) in [6.07, 6.45) is 3.44. The van der Waals surface area contributed by atoms with E-state index in [0.717, 1.165) is 10.7 Å². The molecule has 0 atom stereocenters. The highest BCUT2D eigenvalue weighted by molar-refractivity contribution is 7.09. The zero-order chi connectivity index (χ0) is 12.5. The van der Waals surface area contributed by atoms with E-state index in [2.05, 4.69) is 42.2 Å². The van der Waals surface area contributed by atoms with Gasteiger partial charge in [0.2, 0.25) is 5.82 Å². The Morgan fingerprint density at radius 1 is 1.47 bits per heavy atom. The molecule has 0 bridgehead atoms. The van der Waals surface area contributed by atoms with Crippen LogP contribution in [0.5, 0.6) is 0 Å². The second-order valence-electron chi connectivity index (χ2n) is 4.87. The first-order valence-electron chi connectivity index (χ1n) is 5.37. The maximum absolute atomic E-state index is 8.87. The SMILES string of the molecule is CC(C)(C)c1csc(Cn2ccnc2C#N)n1. The lowest BCUT2D eigenvalue weighted by Crippen LogP contribution is -2.12. The van der Waals surface area contributed by atoms with E-state index in [1.807, 2.05) is 4.57 Å². The number of rotatable bonds is 2. The lowest BCUT2D eigenvalue weighted by atomic mass is 9.93. The second kappa shape index (κ2) is 4.30. The average molecular weight is 246 g/mol. The van der Waals surface area contributed by atoms with Gasteiger partial charge in [0.15, 0.2) is 0 Å². The zero-order valence-electron chi connectivity index (χ0n) is 10.1. The molecular formula is C12H14N4S. The minimum absolute atomic E-state index is 0.0712. The molecular weight excluding hydrogens is 232 g/mol. The molecule has 0 saturated heterocycles. The summed E-state index contributed by atoms with van der Waals surface area (Å²) in [7, 11) is 0.